The quantitative estimate of drug-likeness (QED) is 0.343. The lowest BCUT2D eigenvalue weighted by atomic mass is 9.57. The number of likely N-dealkylation sites (N-methyl/N-ethyl adjacent to an activating group) is 1. The Kier molecular flexibility index (Phi) is 9.04. The molecule has 2 N–H and O–H groups in total. The maximum absolute atomic E-state index is 13.7. The molecule has 2 heterocycles. The van der Waals surface area contributed by atoms with E-state index < -0.39 is 17.4 Å². The van der Waals surface area contributed by atoms with E-state index in [1.54, 1.807) is 19.1 Å². The number of hydrogen-bond donors (Lipinski definition) is 2. The zero-order valence-corrected chi connectivity index (χ0v) is 25.2. The topological polar surface area (TPSA) is 101 Å². The number of ether oxygens (including phenoxy) is 1. The van der Waals surface area contributed by atoms with Crippen LogP contribution in [0.5, 0.6) is 0 Å². The summed E-state index contributed by atoms with van der Waals surface area (Å²) in [5.74, 6) is -0.665. The van der Waals surface area contributed by atoms with Gasteiger partial charge in [-0.05, 0) is 37.5 Å². The van der Waals surface area contributed by atoms with Crippen molar-refractivity contribution in [3.05, 3.63) is 93.0 Å². The Balaban J connectivity index is 1.39. The third-order valence-corrected chi connectivity index (χ3v) is 8.63. The molecule has 8 nitrogen and oxygen atoms in total. The lowest BCUT2D eigenvalue weighted by Crippen LogP contribution is -2.55. The Morgan fingerprint density at radius 1 is 1.10 bits per heavy atom. The SMILES string of the molecule is CCOC(=O)[C@H](Cc1ccc(NC(=O)c2c(Cl)cncc2Cl)cc1)NC1=C(C2=CN(C)CC=C2)C(=O)C12CCCCC2. The number of benzene rings is 1. The second-order valence-corrected chi connectivity index (χ2v) is 11.7. The highest BCUT2D eigenvalue weighted by Crippen LogP contribution is 2.54. The molecule has 3 aliphatic rings. The molecule has 2 aromatic rings. The predicted octanol–water partition coefficient (Wildman–Crippen LogP) is 5.88. The number of carbonyl (C=O) groups is 3. The van der Waals surface area contributed by atoms with Crippen LogP contribution < -0.4 is 10.6 Å². The number of hydrogen-bond acceptors (Lipinski definition) is 7. The molecule has 10 heteroatoms. The molecule has 220 valence electrons. The average Bonchev–Trinajstić information content (AvgIpc) is 2.97. The van der Waals surface area contributed by atoms with Crippen molar-refractivity contribution >= 4 is 46.5 Å². The van der Waals surface area contributed by atoms with Crippen LogP contribution in [0.3, 0.4) is 0 Å². The molecule has 1 fully saturated rings. The average molecular weight is 610 g/mol. The summed E-state index contributed by atoms with van der Waals surface area (Å²) in [6.45, 7) is 2.81. The van der Waals surface area contributed by atoms with E-state index in [1.165, 1.54) is 12.4 Å². The van der Waals surface area contributed by atoms with Crippen molar-refractivity contribution in [2.45, 2.75) is 51.5 Å². The third-order valence-electron chi connectivity index (χ3n) is 8.06. The summed E-state index contributed by atoms with van der Waals surface area (Å²) in [7, 11) is 1.98. The number of carbonyl (C=O) groups excluding carboxylic acids is 3. The van der Waals surface area contributed by atoms with Crippen molar-refractivity contribution in [3.8, 4) is 0 Å². The van der Waals surface area contributed by atoms with Gasteiger partial charge in [-0.2, -0.15) is 0 Å². The van der Waals surface area contributed by atoms with Gasteiger partial charge < -0.3 is 20.3 Å². The van der Waals surface area contributed by atoms with Gasteiger partial charge in [0, 0.05) is 61.1 Å². The molecule has 42 heavy (non-hydrogen) atoms. The van der Waals surface area contributed by atoms with Gasteiger partial charge in [-0.25, -0.2) is 4.79 Å². The summed E-state index contributed by atoms with van der Waals surface area (Å²) in [5, 5.41) is 6.62. The number of amides is 1. The van der Waals surface area contributed by atoms with E-state index in [2.05, 4.69) is 15.6 Å². The minimum atomic E-state index is -0.692. The molecule has 1 spiro atoms. The summed E-state index contributed by atoms with van der Waals surface area (Å²) in [6, 6.07) is 6.51. The number of halogens is 2. The van der Waals surface area contributed by atoms with Crippen molar-refractivity contribution in [1.29, 1.82) is 0 Å². The Morgan fingerprint density at radius 2 is 1.79 bits per heavy atom. The first-order valence-corrected chi connectivity index (χ1v) is 15.0. The first-order chi connectivity index (χ1) is 20.2. The van der Waals surface area contributed by atoms with Gasteiger partial charge in [0.2, 0.25) is 0 Å². The molecule has 0 saturated heterocycles. The number of aromatic nitrogens is 1. The van der Waals surface area contributed by atoms with Crippen LogP contribution in [-0.4, -0.2) is 53.8 Å². The number of ketones is 1. The van der Waals surface area contributed by atoms with Gasteiger partial charge in [-0.15, -0.1) is 0 Å². The molecule has 1 aromatic heterocycles. The Hall–Kier alpha value is -3.62. The molecule has 1 amide bonds. The summed E-state index contributed by atoms with van der Waals surface area (Å²) in [4.78, 5) is 45.6. The lowest BCUT2D eigenvalue weighted by molar-refractivity contribution is -0.146. The van der Waals surface area contributed by atoms with Crippen molar-refractivity contribution in [3.63, 3.8) is 0 Å². The molecule has 1 saturated carbocycles. The molecular formula is C32H34Cl2N4O4. The van der Waals surface area contributed by atoms with Crippen LogP contribution in [0.25, 0.3) is 0 Å². The van der Waals surface area contributed by atoms with Crippen LogP contribution in [0, 0.1) is 5.41 Å². The highest BCUT2D eigenvalue weighted by Gasteiger charge is 2.55. The maximum atomic E-state index is 13.7. The largest absolute Gasteiger partial charge is 0.464 e. The van der Waals surface area contributed by atoms with Crippen molar-refractivity contribution in [2.75, 3.05) is 25.5 Å². The molecule has 0 radical (unpaired) electrons. The highest BCUT2D eigenvalue weighted by molar-refractivity contribution is 6.40. The Labute approximate surface area is 255 Å². The van der Waals surface area contributed by atoms with Crippen LogP contribution in [0.2, 0.25) is 10.0 Å². The van der Waals surface area contributed by atoms with Crippen molar-refractivity contribution < 1.29 is 19.1 Å². The molecule has 0 unspecified atom stereocenters. The molecule has 1 aliphatic heterocycles. The number of allylic oxidation sites excluding steroid dienone is 4. The van der Waals surface area contributed by atoms with Crippen LogP contribution in [0.15, 0.2) is 71.9 Å². The van der Waals surface area contributed by atoms with Crippen LogP contribution in [-0.2, 0) is 20.7 Å². The molecule has 1 aromatic carbocycles. The van der Waals surface area contributed by atoms with Gasteiger partial charge >= 0.3 is 5.97 Å². The second-order valence-electron chi connectivity index (χ2n) is 10.9. The second kappa shape index (κ2) is 12.7. The fourth-order valence-corrected chi connectivity index (χ4v) is 6.52. The summed E-state index contributed by atoms with van der Waals surface area (Å²) < 4.78 is 5.46. The molecule has 5 rings (SSSR count). The first kappa shape index (κ1) is 29.9. The third kappa shape index (κ3) is 5.96. The van der Waals surface area contributed by atoms with E-state index in [0.717, 1.165) is 55.5 Å². The van der Waals surface area contributed by atoms with E-state index in [0.29, 0.717) is 17.7 Å². The fourth-order valence-electron chi connectivity index (χ4n) is 5.98. The minimum Gasteiger partial charge on any atom is -0.464 e. The number of nitrogens with zero attached hydrogens (tertiary/aromatic N) is 2. The van der Waals surface area contributed by atoms with Gasteiger partial charge in [0.1, 0.15) is 6.04 Å². The van der Waals surface area contributed by atoms with Crippen LogP contribution in [0.4, 0.5) is 5.69 Å². The number of pyridine rings is 1. The Morgan fingerprint density at radius 3 is 2.43 bits per heavy atom. The molecule has 0 bridgehead atoms. The normalized spacial score (nSPS) is 18.3. The maximum Gasteiger partial charge on any atom is 0.328 e. The van der Waals surface area contributed by atoms with Crippen molar-refractivity contribution in [1.82, 2.24) is 15.2 Å². The number of rotatable bonds is 9. The van der Waals surface area contributed by atoms with E-state index >= 15 is 0 Å². The predicted molar refractivity (Wildman–Crippen MR) is 163 cm³/mol. The van der Waals surface area contributed by atoms with E-state index in [9.17, 15) is 14.4 Å². The minimum absolute atomic E-state index is 0.147. The lowest BCUT2D eigenvalue weighted by Gasteiger charge is -2.48. The number of esters is 1. The van der Waals surface area contributed by atoms with E-state index in [4.69, 9.17) is 27.9 Å². The number of anilines is 1. The molecule has 1 atom stereocenters. The van der Waals surface area contributed by atoms with Gasteiger partial charge in [-0.1, -0.05) is 66.7 Å². The van der Waals surface area contributed by atoms with Crippen molar-refractivity contribution in [2.24, 2.45) is 5.41 Å². The van der Waals surface area contributed by atoms with Crippen LogP contribution in [0.1, 0.15) is 54.9 Å². The highest BCUT2D eigenvalue weighted by atomic mass is 35.5. The standard InChI is InChI=1S/C32H34Cl2N4O4/c1-3-42-31(41)25(16-20-9-11-22(12-10-20)36-30(40)27-23(33)17-35-18-24(27)34)37-28-26(21-8-7-15-38(2)19-21)29(39)32(28)13-5-4-6-14-32/h7-12,17-19,25,37H,3-6,13-16H2,1-2H3,(H,36,40)/t25-/m0/s1. The summed E-state index contributed by atoms with van der Waals surface area (Å²) in [5.41, 5.74) is 3.36. The Bertz CT molecular complexity index is 1460. The van der Waals surface area contributed by atoms with E-state index in [1.807, 2.05) is 42.4 Å². The smallest absolute Gasteiger partial charge is 0.328 e. The van der Waals surface area contributed by atoms with Crippen LogP contribution >= 0.6 is 23.2 Å². The van der Waals surface area contributed by atoms with Gasteiger partial charge in [-0.3, -0.25) is 14.6 Å². The first-order valence-electron chi connectivity index (χ1n) is 14.2. The summed E-state index contributed by atoms with van der Waals surface area (Å²) >= 11 is 12.2. The molecule has 2 aliphatic carbocycles. The van der Waals surface area contributed by atoms with Gasteiger partial charge in [0.15, 0.2) is 5.78 Å². The molecular weight excluding hydrogens is 575 g/mol. The number of nitrogens with one attached hydrogen (secondary N) is 2. The van der Waals surface area contributed by atoms with Gasteiger partial charge in [0.05, 0.1) is 27.6 Å². The fraction of sp³-hybridized carbons (Fsp3) is 0.375. The monoisotopic (exact) mass is 608 g/mol. The number of Topliss-reactive ketones (excluding diaryl/α,β-unsaturated/α-hetero) is 1. The zero-order chi connectivity index (χ0) is 29.9. The van der Waals surface area contributed by atoms with Gasteiger partial charge in [0.25, 0.3) is 5.91 Å². The summed E-state index contributed by atoms with van der Waals surface area (Å²) in [6.07, 6.45) is 13.7. The van der Waals surface area contributed by atoms with E-state index in [-0.39, 0.29) is 34.0 Å². The zero-order valence-electron chi connectivity index (χ0n) is 23.7.